The Morgan fingerprint density at radius 3 is 2.47 bits per heavy atom. The summed E-state index contributed by atoms with van der Waals surface area (Å²) in [5, 5.41) is 10.5. The Kier molecular flexibility index (Phi) is 3.87. The van der Waals surface area contributed by atoms with Crippen LogP contribution in [-0.4, -0.2) is 58.5 Å². The van der Waals surface area contributed by atoms with E-state index in [-0.39, 0.29) is 0 Å². The molecule has 4 bridgehead atoms. The van der Waals surface area contributed by atoms with Crippen LogP contribution in [0.4, 0.5) is 0 Å². The van der Waals surface area contributed by atoms with Gasteiger partial charge in [0.05, 0.1) is 5.54 Å². The van der Waals surface area contributed by atoms with Crippen molar-refractivity contribution in [2.45, 2.75) is 58.4 Å². The molecule has 4 fully saturated rings. The van der Waals surface area contributed by atoms with Crippen LogP contribution in [0, 0.1) is 5.92 Å². The lowest BCUT2D eigenvalue weighted by molar-refractivity contribution is -0.404. The molecule has 4 atom stereocenters. The zero-order valence-corrected chi connectivity index (χ0v) is 12.9. The minimum atomic E-state index is 0.441. The molecule has 0 amide bonds. The summed E-state index contributed by atoms with van der Waals surface area (Å²) in [5.74, 6) is 0.890. The maximum absolute atomic E-state index is 2.73. The molecule has 0 aromatic carbocycles. The van der Waals surface area contributed by atoms with Crippen LogP contribution in [0.25, 0.3) is 0 Å². The van der Waals surface area contributed by atoms with Crippen LogP contribution in [-0.2, 0) is 0 Å². The quantitative estimate of drug-likeness (QED) is 0.731. The topological polar surface area (TPSA) is 13.0 Å². The average Bonchev–Trinajstić information content (AvgIpc) is 2.38. The van der Waals surface area contributed by atoms with Crippen molar-refractivity contribution in [1.29, 1.82) is 0 Å². The second kappa shape index (κ2) is 5.32. The standard InChI is InChI=1S/C15H30N4/c1-4-7-15-10-14-11-16(13-15)18(9-6-3)19(12-14)17(15)8-5-2/h14H,4-13H2,1-3H3. The third-order valence-corrected chi connectivity index (χ3v) is 5.03. The zero-order valence-electron chi connectivity index (χ0n) is 12.9. The highest BCUT2D eigenvalue weighted by molar-refractivity contribution is 5.03. The molecule has 110 valence electrons. The molecule has 0 aliphatic carbocycles. The summed E-state index contributed by atoms with van der Waals surface area (Å²) < 4.78 is 0. The Morgan fingerprint density at radius 2 is 1.79 bits per heavy atom. The monoisotopic (exact) mass is 266 g/mol. The highest BCUT2D eigenvalue weighted by Crippen LogP contribution is 2.45. The first-order valence-electron chi connectivity index (χ1n) is 8.31. The van der Waals surface area contributed by atoms with Crippen molar-refractivity contribution >= 4 is 0 Å². The summed E-state index contributed by atoms with van der Waals surface area (Å²) in [7, 11) is 0. The predicted molar refractivity (Wildman–Crippen MR) is 78.0 cm³/mol. The van der Waals surface area contributed by atoms with Crippen molar-refractivity contribution in [3.8, 4) is 0 Å². The van der Waals surface area contributed by atoms with Gasteiger partial charge in [-0.3, -0.25) is 0 Å². The van der Waals surface area contributed by atoms with Gasteiger partial charge < -0.3 is 0 Å². The SMILES string of the molecule is CCCN1N2CC3CN1N(CCC)C(CCC)(C3)C2. The summed E-state index contributed by atoms with van der Waals surface area (Å²) in [5.41, 5.74) is 0.441. The van der Waals surface area contributed by atoms with E-state index in [4.69, 9.17) is 0 Å². The van der Waals surface area contributed by atoms with Gasteiger partial charge in [0.1, 0.15) is 0 Å². The van der Waals surface area contributed by atoms with E-state index < -0.39 is 0 Å². The Bertz CT molecular complexity index is 321. The molecular formula is C15H30N4. The van der Waals surface area contributed by atoms with E-state index >= 15 is 0 Å². The molecule has 4 unspecified atom stereocenters. The first-order chi connectivity index (χ1) is 9.24. The molecule has 4 heterocycles. The number of hydrazine groups is 3. The first kappa shape index (κ1) is 13.8. The van der Waals surface area contributed by atoms with E-state index in [1.54, 1.807) is 0 Å². The van der Waals surface area contributed by atoms with Crippen molar-refractivity contribution in [2.24, 2.45) is 5.92 Å². The number of hydrogen-bond donors (Lipinski definition) is 0. The lowest BCUT2D eigenvalue weighted by Crippen LogP contribution is -2.82. The van der Waals surface area contributed by atoms with Gasteiger partial charge in [-0.1, -0.05) is 27.2 Å². The fourth-order valence-electron chi connectivity index (χ4n) is 4.59. The molecule has 0 aromatic heterocycles. The summed E-state index contributed by atoms with van der Waals surface area (Å²) in [6.45, 7) is 13.2. The molecule has 0 radical (unpaired) electrons. The fourth-order valence-corrected chi connectivity index (χ4v) is 4.59. The Balaban J connectivity index is 1.87. The molecule has 0 spiro atoms. The van der Waals surface area contributed by atoms with Gasteiger partial charge in [0.25, 0.3) is 0 Å². The van der Waals surface area contributed by atoms with Crippen molar-refractivity contribution in [3.63, 3.8) is 0 Å². The molecule has 4 aliphatic heterocycles. The van der Waals surface area contributed by atoms with Crippen molar-refractivity contribution in [1.82, 2.24) is 20.3 Å². The molecule has 4 saturated heterocycles. The Morgan fingerprint density at radius 1 is 1.00 bits per heavy atom. The van der Waals surface area contributed by atoms with Crippen molar-refractivity contribution in [2.75, 3.05) is 32.7 Å². The first-order valence-corrected chi connectivity index (χ1v) is 8.31. The number of piperidine rings is 1. The van der Waals surface area contributed by atoms with Crippen LogP contribution in [0.15, 0.2) is 0 Å². The van der Waals surface area contributed by atoms with Crippen LogP contribution in [0.5, 0.6) is 0 Å². The fraction of sp³-hybridized carbons (Fsp3) is 1.00. The lowest BCUT2D eigenvalue weighted by Gasteiger charge is -2.69. The van der Waals surface area contributed by atoms with Gasteiger partial charge >= 0.3 is 0 Å². The van der Waals surface area contributed by atoms with Crippen molar-refractivity contribution < 1.29 is 0 Å². The maximum atomic E-state index is 2.73. The Labute approximate surface area is 118 Å². The predicted octanol–water partition coefficient (Wildman–Crippen LogP) is 2.35. The summed E-state index contributed by atoms with van der Waals surface area (Å²) in [6, 6.07) is 0. The van der Waals surface area contributed by atoms with E-state index in [0.29, 0.717) is 5.54 Å². The second-order valence-corrected chi connectivity index (χ2v) is 6.67. The molecule has 0 N–H and O–H groups in total. The van der Waals surface area contributed by atoms with E-state index in [1.165, 1.54) is 64.8 Å². The van der Waals surface area contributed by atoms with Gasteiger partial charge in [0.15, 0.2) is 0 Å². The minimum absolute atomic E-state index is 0.441. The van der Waals surface area contributed by atoms with Gasteiger partial charge in [0, 0.05) is 32.7 Å². The van der Waals surface area contributed by atoms with Crippen LogP contribution in [0.3, 0.4) is 0 Å². The lowest BCUT2D eigenvalue weighted by atomic mass is 9.76. The zero-order chi connectivity index (χ0) is 13.5. The summed E-state index contributed by atoms with van der Waals surface area (Å²) in [4.78, 5) is 0. The molecule has 4 heteroatoms. The van der Waals surface area contributed by atoms with Crippen LogP contribution in [0.2, 0.25) is 0 Å². The van der Waals surface area contributed by atoms with Crippen LogP contribution >= 0.6 is 0 Å². The third kappa shape index (κ3) is 2.13. The van der Waals surface area contributed by atoms with Gasteiger partial charge in [-0.15, -0.1) is 0 Å². The minimum Gasteiger partial charge on any atom is -0.225 e. The van der Waals surface area contributed by atoms with Crippen LogP contribution < -0.4 is 0 Å². The molecular weight excluding hydrogens is 236 g/mol. The molecule has 4 nitrogen and oxygen atoms in total. The number of hydrogen-bond acceptors (Lipinski definition) is 4. The van der Waals surface area contributed by atoms with Gasteiger partial charge in [0.2, 0.25) is 0 Å². The number of nitrogens with zero attached hydrogens (tertiary/aromatic N) is 4. The maximum Gasteiger partial charge on any atom is 0.0515 e. The van der Waals surface area contributed by atoms with Gasteiger partial charge in [-0.05, 0) is 31.6 Å². The third-order valence-electron chi connectivity index (χ3n) is 5.03. The molecule has 4 rings (SSSR count). The van der Waals surface area contributed by atoms with Gasteiger partial charge in [-0.2, -0.15) is 10.2 Å². The molecule has 0 aromatic rings. The van der Waals surface area contributed by atoms with E-state index in [2.05, 4.69) is 41.0 Å². The van der Waals surface area contributed by atoms with E-state index in [1.807, 2.05) is 0 Å². The molecule has 4 aliphatic rings. The van der Waals surface area contributed by atoms with E-state index in [9.17, 15) is 0 Å². The highest BCUT2D eigenvalue weighted by Gasteiger charge is 2.56. The Hall–Kier alpha value is -0.160. The average molecular weight is 266 g/mol. The second-order valence-electron chi connectivity index (χ2n) is 6.67. The van der Waals surface area contributed by atoms with Gasteiger partial charge in [-0.25, -0.2) is 10.0 Å². The van der Waals surface area contributed by atoms with Crippen LogP contribution in [0.1, 0.15) is 52.9 Å². The summed E-state index contributed by atoms with van der Waals surface area (Å²) in [6.07, 6.45) is 6.58. The normalized spacial score (nSPS) is 42.2. The van der Waals surface area contributed by atoms with Crippen molar-refractivity contribution in [3.05, 3.63) is 0 Å². The molecule has 19 heavy (non-hydrogen) atoms. The smallest absolute Gasteiger partial charge is 0.0515 e. The highest BCUT2D eigenvalue weighted by atomic mass is 16.0. The largest absolute Gasteiger partial charge is 0.225 e. The van der Waals surface area contributed by atoms with E-state index in [0.717, 1.165) is 5.92 Å². The molecule has 0 saturated carbocycles. The number of rotatable bonds is 6. The summed E-state index contributed by atoms with van der Waals surface area (Å²) >= 11 is 0.